The van der Waals surface area contributed by atoms with Crippen molar-refractivity contribution in [1.29, 1.82) is 0 Å². The van der Waals surface area contributed by atoms with Crippen molar-refractivity contribution in [2.45, 2.75) is 52.5 Å². The second kappa shape index (κ2) is 8.99. The standard InChI is InChI=1S/C12H22N2.BF4/c1-11(2)6-4-5-7-12(3)14-9-8-13-10-14;2-1(3,4)5/h8-12H,4-7H2,1-3H3;/q;-1/p+1. The van der Waals surface area contributed by atoms with E-state index in [1.165, 1.54) is 25.7 Å². The summed E-state index contributed by atoms with van der Waals surface area (Å²) in [6, 6.07) is 0.633. The summed E-state index contributed by atoms with van der Waals surface area (Å²) in [6.07, 6.45) is 11.5. The van der Waals surface area contributed by atoms with Crippen molar-refractivity contribution in [2.75, 3.05) is 0 Å². The van der Waals surface area contributed by atoms with E-state index in [0.29, 0.717) is 6.04 Å². The second-order valence-electron chi connectivity index (χ2n) is 5.08. The highest BCUT2D eigenvalue weighted by Gasteiger charge is 2.20. The fourth-order valence-corrected chi connectivity index (χ4v) is 1.72. The van der Waals surface area contributed by atoms with Crippen molar-refractivity contribution in [2.24, 2.45) is 5.92 Å². The fourth-order valence-electron chi connectivity index (χ4n) is 1.72. The highest BCUT2D eigenvalue weighted by atomic mass is 19.5. The molecule has 2 nitrogen and oxygen atoms in total. The first-order valence-electron chi connectivity index (χ1n) is 6.61. The van der Waals surface area contributed by atoms with Gasteiger partial charge in [0.2, 0.25) is 6.33 Å². The minimum Gasteiger partial charge on any atom is -0.418 e. The van der Waals surface area contributed by atoms with Gasteiger partial charge < -0.3 is 17.3 Å². The van der Waals surface area contributed by atoms with Crippen LogP contribution < -0.4 is 4.57 Å². The van der Waals surface area contributed by atoms with E-state index in [1.54, 1.807) is 0 Å². The lowest BCUT2D eigenvalue weighted by Crippen LogP contribution is -2.34. The Hall–Kier alpha value is -1.01. The maximum Gasteiger partial charge on any atom is 0.673 e. The SMILES string of the molecule is CC(C)CCCCC(C)[n+]1cc[nH]c1.F[B-](F)(F)F. The quantitative estimate of drug-likeness (QED) is 0.346. The summed E-state index contributed by atoms with van der Waals surface area (Å²) in [7, 11) is -6.00. The average Bonchev–Trinajstić information content (AvgIpc) is 2.74. The normalized spacial score (nSPS) is 13.1. The molecule has 0 aromatic carbocycles. The molecule has 0 aliphatic heterocycles. The van der Waals surface area contributed by atoms with Crippen LogP contribution in [-0.4, -0.2) is 12.2 Å². The van der Waals surface area contributed by atoms with Gasteiger partial charge in [-0.1, -0.05) is 26.7 Å². The molecule has 0 radical (unpaired) electrons. The minimum atomic E-state index is -6.00. The van der Waals surface area contributed by atoms with Gasteiger partial charge in [0.15, 0.2) is 0 Å². The summed E-state index contributed by atoms with van der Waals surface area (Å²) in [6.45, 7) is 6.87. The van der Waals surface area contributed by atoms with Gasteiger partial charge in [-0.25, -0.2) is 4.57 Å². The number of hydrogen-bond acceptors (Lipinski definition) is 0. The van der Waals surface area contributed by atoms with E-state index in [-0.39, 0.29) is 0 Å². The van der Waals surface area contributed by atoms with Crippen LogP contribution in [0.25, 0.3) is 0 Å². The van der Waals surface area contributed by atoms with Crippen LogP contribution in [0.4, 0.5) is 17.3 Å². The van der Waals surface area contributed by atoms with E-state index in [9.17, 15) is 17.3 Å². The van der Waals surface area contributed by atoms with Crippen molar-refractivity contribution in [3.63, 3.8) is 0 Å². The van der Waals surface area contributed by atoms with E-state index < -0.39 is 7.25 Å². The van der Waals surface area contributed by atoms with E-state index in [4.69, 9.17) is 0 Å². The number of aromatic nitrogens is 2. The molecule has 1 aromatic rings. The van der Waals surface area contributed by atoms with Crippen molar-refractivity contribution in [3.05, 3.63) is 18.7 Å². The number of nitrogens with zero attached hydrogens (tertiary/aromatic N) is 1. The Bertz CT molecular complexity index is 306. The average molecular weight is 282 g/mol. The molecular weight excluding hydrogens is 259 g/mol. The van der Waals surface area contributed by atoms with Crippen LogP contribution in [0.3, 0.4) is 0 Å². The maximum absolute atomic E-state index is 9.75. The molecule has 0 bridgehead atoms. The molecule has 7 heteroatoms. The first-order chi connectivity index (χ1) is 8.70. The topological polar surface area (TPSA) is 19.7 Å². The molecule has 1 heterocycles. The third-order valence-electron chi connectivity index (χ3n) is 2.73. The van der Waals surface area contributed by atoms with Gasteiger partial charge in [0.1, 0.15) is 12.4 Å². The molecule has 0 saturated carbocycles. The van der Waals surface area contributed by atoms with Crippen molar-refractivity contribution in [1.82, 2.24) is 4.98 Å². The van der Waals surface area contributed by atoms with Crippen LogP contribution in [-0.2, 0) is 0 Å². The molecule has 0 aliphatic carbocycles. The fraction of sp³-hybridized carbons (Fsp3) is 0.750. The molecule has 0 amide bonds. The van der Waals surface area contributed by atoms with Crippen LogP contribution in [0.5, 0.6) is 0 Å². The molecule has 1 aromatic heterocycles. The molecule has 0 saturated heterocycles. The number of unbranched alkanes of at least 4 members (excludes halogenated alkanes) is 1. The molecule has 0 fully saturated rings. The van der Waals surface area contributed by atoms with E-state index in [0.717, 1.165) is 5.92 Å². The number of H-pyrrole nitrogens is 1. The van der Waals surface area contributed by atoms with Crippen LogP contribution in [0.15, 0.2) is 18.7 Å². The summed E-state index contributed by atoms with van der Waals surface area (Å²) in [5.41, 5.74) is 0. The summed E-state index contributed by atoms with van der Waals surface area (Å²) >= 11 is 0. The van der Waals surface area contributed by atoms with E-state index in [2.05, 4.69) is 36.5 Å². The van der Waals surface area contributed by atoms with E-state index >= 15 is 0 Å². The third-order valence-corrected chi connectivity index (χ3v) is 2.73. The highest BCUT2D eigenvalue weighted by molar-refractivity contribution is 6.50. The zero-order valence-electron chi connectivity index (χ0n) is 11.8. The lowest BCUT2D eigenvalue weighted by Gasteiger charge is -2.08. The Labute approximate surface area is 112 Å². The number of nitrogens with one attached hydrogen (secondary N) is 1. The predicted molar refractivity (Wildman–Crippen MR) is 69.2 cm³/mol. The Morgan fingerprint density at radius 2 is 1.58 bits per heavy atom. The second-order valence-corrected chi connectivity index (χ2v) is 5.08. The first kappa shape index (κ1) is 18.0. The zero-order chi connectivity index (χ0) is 14.9. The molecule has 1 unspecified atom stereocenters. The van der Waals surface area contributed by atoms with E-state index in [1.807, 2.05) is 12.5 Å². The van der Waals surface area contributed by atoms with Gasteiger partial charge in [0, 0.05) is 0 Å². The van der Waals surface area contributed by atoms with Gasteiger partial charge >= 0.3 is 7.25 Å². The Morgan fingerprint density at radius 3 is 2.00 bits per heavy atom. The minimum absolute atomic E-state index is 0.633. The Kier molecular flexibility index (Phi) is 8.51. The van der Waals surface area contributed by atoms with Gasteiger partial charge in [-0.15, -0.1) is 0 Å². The van der Waals surface area contributed by atoms with Gasteiger partial charge in [-0.2, -0.15) is 0 Å². The summed E-state index contributed by atoms with van der Waals surface area (Å²) in [4.78, 5) is 3.08. The van der Waals surface area contributed by atoms with Crippen LogP contribution in [0.1, 0.15) is 52.5 Å². The smallest absolute Gasteiger partial charge is 0.418 e. The summed E-state index contributed by atoms with van der Waals surface area (Å²) in [5, 5.41) is 0. The highest BCUT2D eigenvalue weighted by Crippen LogP contribution is 2.12. The zero-order valence-corrected chi connectivity index (χ0v) is 11.8. The number of hydrogen-bond donors (Lipinski definition) is 1. The van der Waals surface area contributed by atoms with Crippen LogP contribution in [0, 0.1) is 5.92 Å². The predicted octanol–water partition coefficient (Wildman–Crippen LogP) is 4.38. The summed E-state index contributed by atoms with van der Waals surface area (Å²) < 4.78 is 41.2. The number of aromatic amines is 1. The number of rotatable bonds is 6. The lowest BCUT2D eigenvalue weighted by atomic mass is 10.0. The number of halogens is 4. The molecule has 0 spiro atoms. The monoisotopic (exact) mass is 282 g/mol. The Morgan fingerprint density at radius 1 is 1.05 bits per heavy atom. The van der Waals surface area contributed by atoms with Crippen molar-refractivity contribution < 1.29 is 21.8 Å². The molecular formula is C12H23BF4N2. The van der Waals surface area contributed by atoms with Crippen LogP contribution >= 0.6 is 0 Å². The summed E-state index contributed by atoms with van der Waals surface area (Å²) in [5.74, 6) is 0.852. The molecule has 1 N–H and O–H groups in total. The molecule has 112 valence electrons. The van der Waals surface area contributed by atoms with Crippen LogP contribution in [0.2, 0.25) is 0 Å². The largest absolute Gasteiger partial charge is 0.673 e. The van der Waals surface area contributed by atoms with Crippen molar-refractivity contribution in [3.8, 4) is 0 Å². The molecule has 19 heavy (non-hydrogen) atoms. The molecule has 1 rings (SSSR count). The molecule has 0 aliphatic rings. The van der Waals surface area contributed by atoms with Crippen molar-refractivity contribution >= 4 is 7.25 Å². The Balaban J connectivity index is 0.000000555. The van der Waals surface area contributed by atoms with Gasteiger partial charge in [-0.3, -0.25) is 4.98 Å². The van der Waals surface area contributed by atoms with Gasteiger partial charge in [0.25, 0.3) is 0 Å². The van der Waals surface area contributed by atoms with Gasteiger partial charge in [0.05, 0.1) is 6.04 Å². The third kappa shape index (κ3) is 13.2. The number of imidazole rings is 1. The maximum atomic E-state index is 9.75. The van der Waals surface area contributed by atoms with Gasteiger partial charge in [-0.05, 0) is 25.7 Å². The molecule has 1 atom stereocenters. The first-order valence-corrected chi connectivity index (χ1v) is 6.61. The lowest BCUT2D eigenvalue weighted by molar-refractivity contribution is -0.719.